The number of fused-ring (bicyclic) bond motifs is 2. The highest BCUT2D eigenvalue weighted by Crippen LogP contribution is 2.27. The summed E-state index contributed by atoms with van der Waals surface area (Å²) >= 11 is 0. The van der Waals surface area contributed by atoms with Crippen LogP contribution in [0, 0.1) is 0 Å². The fraction of sp³-hybridized carbons (Fsp3) is 0.667. The van der Waals surface area contributed by atoms with Crippen LogP contribution in [0.15, 0.2) is 0 Å². The lowest BCUT2D eigenvalue weighted by Crippen LogP contribution is -2.48. The van der Waals surface area contributed by atoms with Crippen LogP contribution in [0.2, 0.25) is 0 Å². The van der Waals surface area contributed by atoms with Gasteiger partial charge in [0.1, 0.15) is 12.1 Å². The predicted molar refractivity (Wildman–Crippen MR) is 93.5 cm³/mol. The number of nitrogens with zero attached hydrogens (tertiary/aromatic N) is 2. The monoisotopic (exact) mass is 426 g/mol. The fourth-order valence-electron chi connectivity index (χ4n) is 3.86. The largest absolute Gasteiger partial charge is 0.452 e. The van der Waals surface area contributed by atoms with E-state index in [1.54, 1.807) is 13.8 Å². The van der Waals surface area contributed by atoms with Gasteiger partial charge in [-0.3, -0.25) is 9.80 Å². The zero-order valence-electron chi connectivity index (χ0n) is 16.5. The minimum atomic E-state index is -1.14. The van der Waals surface area contributed by atoms with E-state index < -0.39 is 67.4 Å². The molecule has 12 heteroatoms. The van der Waals surface area contributed by atoms with Gasteiger partial charge in [-0.05, 0) is 39.5 Å². The number of rotatable bonds is 0. The summed E-state index contributed by atoms with van der Waals surface area (Å²) in [7, 11) is 0. The quantitative estimate of drug-likeness (QED) is 0.297. The van der Waals surface area contributed by atoms with Gasteiger partial charge in [-0.25, -0.2) is 28.8 Å². The highest BCUT2D eigenvalue weighted by molar-refractivity contribution is 5.94. The molecule has 0 aromatic rings. The van der Waals surface area contributed by atoms with Crippen molar-refractivity contribution in [3.8, 4) is 0 Å². The van der Waals surface area contributed by atoms with Gasteiger partial charge in [0, 0.05) is 12.1 Å². The van der Waals surface area contributed by atoms with Crippen molar-refractivity contribution < 1.29 is 47.7 Å². The lowest BCUT2D eigenvalue weighted by atomic mass is 10.2. The molecule has 4 atom stereocenters. The van der Waals surface area contributed by atoms with Gasteiger partial charge in [0.25, 0.3) is 0 Å². The van der Waals surface area contributed by atoms with Gasteiger partial charge in [-0.2, -0.15) is 0 Å². The summed E-state index contributed by atoms with van der Waals surface area (Å²) in [5.41, 5.74) is 0. The molecule has 0 bridgehead atoms. The van der Waals surface area contributed by atoms with Crippen molar-refractivity contribution in [1.29, 1.82) is 0 Å². The molecule has 0 spiro atoms. The van der Waals surface area contributed by atoms with Crippen LogP contribution < -0.4 is 0 Å². The molecule has 12 nitrogen and oxygen atoms in total. The van der Waals surface area contributed by atoms with Crippen molar-refractivity contribution >= 4 is 36.1 Å². The topological polar surface area (TPSA) is 146 Å². The summed E-state index contributed by atoms with van der Waals surface area (Å²) in [5, 5.41) is 0. The van der Waals surface area contributed by atoms with E-state index in [-0.39, 0.29) is 18.9 Å². The third-order valence-electron chi connectivity index (χ3n) is 5.36. The molecule has 0 N–H and O–H groups in total. The van der Waals surface area contributed by atoms with Gasteiger partial charge in [-0.15, -0.1) is 0 Å². The van der Waals surface area contributed by atoms with Crippen LogP contribution >= 0.6 is 0 Å². The summed E-state index contributed by atoms with van der Waals surface area (Å²) in [5.74, 6) is -4.14. The van der Waals surface area contributed by atoms with E-state index in [0.29, 0.717) is 12.8 Å². The highest BCUT2D eigenvalue weighted by Gasteiger charge is 2.44. The Morgan fingerprint density at radius 2 is 1.13 bits per heavy atom. The molecular weight excluding hydrogens is 404 g/mol. The summed E-state index contributed by atoms with van der Waals surface area (Å²) in [6.07, 6.45) is -0.725. The van der Waals surface area contributed by atoms with Crippen molar-refractivity contribution in [2.24, 2.45) is 0 Å². The normalized spacial score (nSPS) is 31.5. The van der Waals surface area contributed by atoms with Gasteiger partial charge < -0.3 is 18.9 Å². The van der Waals surface area contributed by atoms with E-state index in [1.165, 1.54) is 0 Å². The van der Waals surface area contributed by atoms with Gasteiger partial charge in [-0.1, -0.05) is 0 Å². The standard InChI is InChI=1S/C18H22N2O10/c1-9-3-5-11-15(23)27-7-13(21)29-16(24)12-6-4-10(2)20(12)18(26)30-14(22)8-28-17(25)19(9)11/h9-12H,3-8H2,1-2H3. The van der Waals surface area contributed by atoms with Crippen molar-refractivity contribution in [3.05, 3.63) is 0 Å². The number of cyclic esters (lactones) is 6. The van der Waals surface area contributed by atoms with E-state index in [4.69, 9.17) is 14.2 Å². The second-order valence-corrected chi connectivity index (χ2v) is 7.39. The van der Waals surface area contributed by atoms with E-state index in [9.17, 15) is 28.8 Å². The maximum atomic E-state index is 12.4. The maximum absolute atomic E-state index is 12.4. The maximum Gasteiger partial charge on any atom is 0.418 e. The Bertz CT molecular complexity index is 781. The average Bonchev–Trinajstić information content (AvgIpc) is 3.26. The molecule has 3 rings (SSSR count). The number of carbonyl (C=O) groups excluding carboxylic acids is 6. The number of hydrogen-bond donors (Lipinski definition) is 0. The minimum absolute atomic E-state index is 0.195. The first-order valence-electron chi connectivity index (χ1n) is 9.58. The van der Waals surface area contributed by atoms with Crippen molar-refractivity contribution in [3.63, 3.8) is 0 Å². The molecule has 30 heavy (non-hydrogen) atoms. The zero-order valence-corrected chi connectivity index (χ0v) is 16.5. The molecule has 0 saturated carbocycles. The Hall–Kier alpha value is -3.18. The molecule has 0 radical (unpaired) electrons. The number of amides is 2. The zero-order chi connectivity index (χ0) is 22.0. The molecule has 3 heterocycles. The third kappa shape index (κ3) is 4.36. The molecule has 3 aliphatic rings. The lowest BCUT2D eigenvalue weighted by molar-refractivity contribution is -0.170. The first-order chi connectivity index (χ1) is 14.2. The molecule has 0 aromatic carbocycles. The molecule has 2 amide bonds. The SMILES string of the molecule is CC1CCC2C(=O)OCC(=O)OC(=O)C3CCC(C)N3C(=O)OC(=O)COC(=O)N12. The molecule has 4 unspecified atom stereocenters. The third-order valence-corrected chi connectivity index (χ3v) is 5.36. The summed E-state index contributed by atoms with van der Waals surface area (Å²) in [6.45, 7) is 1.63. The van der Waals surface area contributed by atoms with Crippen LogP contribution in [0.1, 0.15) is 39.5 Å². The summed E-state index contributed by atoms with van der Waals surface area (Å²) < 4.78 is 19.2. The average molecular weight is 426 g/mol. The van der Waals surface area contributed by atoms with Crippen LogP contribution in [-0.4, -0.2) is 83.2 Å². The summed E-state index contributed by atoms with van der Waals surface area (Å²) in [4.78, 5) is 75.4. The number of hydrogen-bond acceptors (Lipinski definition) is 10. The second kappa shape index (κ2) is 8.67. The van der Waals surface area contributed by atoms with Crippen LogP contribution in [0.3, 0.4) is 0 Å². The van der Waals surface area contributed by atoms with Gasteiger partial charge in [0.05, 0.1) is 0 Å². The van der Waals surface area contributed by atoms with E-state index >= 15 is 0 Å². The van der Waals surface area contributed by atoms with Gasteiger partial charge in [0.15, 0.2) is 13.2 Å². The first kappa shape index (κ1) is 21.5. The van der Waals surface area contributed by atoms with E-state index in [1.807, 2.05) is 0 Å². The van der Waals surface area contributed by atoms with Crippen molar-refractivity contribution in [2.45, 2.75) is 63.7 Å². The van der Waals surface area contributed by atoms with E-state index in [2.05, 4.69) is 4.74 Å². The minimum Gasteiger partial charge on any atom is -0.452 e. The molecule has 0 aliphatic carbocycles. The molecule has 3 aliphatic heterocycles. The van der Waals surface area contributed by atoms with E-state index in [0.717, 1.165) is 9.80 Å². The van der Waals surface area contributed by atoms with Crippen LogP contribution in [0.5, 0.6) is 0 Å². The molecule has 3 saturated heterocycles. The molecule has 3 fully saturated rings. The molecular formula is C18H22N2O10. The number of carbonyl (C=O) groups is 6. The number of ether oxygens (including phenoxy) is 4. The van der Waals surface area contributed by atoms with Crippen LogP contribution in [-0.2, 0) is 38.1 Å². The Balaban J connectivity index is 1.81. The van der Waals surface area contributed by atoms with Gasteiger partial charge in [0.2, 0.25) is 0 Å². The second-order valence-electron chi connectivity index (χ2n) is 7.39. The fourth-order valence-corrected chi connectivity index (χ4v) is 3.86. The van der Waals surface area contributed by atoms with Crippen LogP contribution in [0.25, 0.3) is 0 Å². The lowest BCUT2D eigenvalue weighted by Gasteiger charge is -2.27. The molecule has 0 aromatic heterocycles. The predicted octanol–water partition coefficient (Wildman–Crippen LogP) is 0.119. The Morgan fingerprint density at radius 1 is 0.633 bits per heavy atom. The molecule has 164 valence electrons. The Kier molecular flexibility index (Phi) is 6.22. The highest BCUT2D eigenvalue weighted by atomic mass is 16.6. The smallest absolute Gasteiger partial charge is 0.418 e. The van der Waals surface area contributed by atoms with Crippen molar-refractivity contribution in [2.75, 3.05) is 13.2 Å². The van der Waals surface area contributed by atoms with Crippen molar-refractivity contribution in [1.82, 2.24) is 9.80 Å². The Morgan fingerprint density at radius 3 is 1.77 bits per heavy atom. The summed E-state index contributed by atoms with van der Waals surface area (Å²) in [6, 6.07) is -3.00. The van der Waals surface area contributed by atoms with Gasteiger partial charge >= 0.3 is 36.1 Å². The first-order valence-corrected chi connectivity index (χ1v) is 9.58. The van der Waals surface area contributed by atoms with Crippen LogP contribution in [0.4, 0.5) is 9.59 Å². The Labute approximate surface area is 171 Å². The number of esters is 4.